The fourth-order valence-electron chi connectivity index (χ4n) is 4.07. The molecule has 0 fully saturated rings. The largest absolute Gasteiger partial charge is 0.457 e. The fourth-order valence-corrected chi connectivity index (χ4v) is 4.62. The number of sulfonamides is 1. The Bertz CT molecular complexity index is 1790. The van der Waals surface area contributed by atoms with Crippen LogP contribution in [0.4, 0.5) is 20.3 Å². The van der Waals surface area contributed by atoms with Gasteiger partial charge in [-0.05, 0) is 42.8 Å². The van der Waals surface area contributed by atoms with E-state index < -0.39 is 27.4 Å². The van der Waals surface area contributed by atoms with Gasteiger partial charge >= 0.3 is 0 Å². The van der Waals surface area contributed by atoms with Crippen LogP contribution >= 0.6 is 0 Å². The highest BCUT2D eigenvalue weighted by molar-refractivity contribution is 7.92. The average molecular weight is 538 g/mol. The van der Waals surface area contributed by atoms with Crippen molar-refractivity contribution in [3.63, 3.8) is 0 Å². The molecule has 194 valence electrons. The Balaban J connectivity index is 1.46. The van der Waals surface area contributed by atoms with Crippen molar-refractivity contribution in [3.8, 4) is 17.2 Å². The van der Waals surface area contributed by atoms with Crippen LogP contribution in [0.5, 0.6) is 11.5 Å². The van der Waals surface area contributed by atoms with Gasteiger partial charge in [0, 0.05) is 23.0 Å². The molecule has 0 aliphatic rings. The zero-order chi connectivity index (χ0) is 27.2. The summed E-state index contributed by atoms with van der Waals surface area (Å²) in [5.74, 6) is -1.31. The molecule has 5 rings (SSSR count). The number of benzene rings is 3. The summed E-state index contributed by atoms with van der Waals surface area (Å²) >= 11 is 0. The van der Waals surface area contributed by atoms with Gasteiger partial charge in [0.05, 0.1) is 29.4 Å². The zero-order valence-electron chi connectivity index (χ0n) is 20.1. The summed E-state index contributed by atoms with van der Waals surface area (Å²) in [7, 11) is -3.71. The number of nitrogens with zero attached hydrogens (tertiary/aromatic N) is 2. The standard InChI is InChI=1S/C26H21F2N5O4S/c1-14-8-17(37-16-6-4-3-5-7-16)11-20(28)24(14)33-26(29)18(13-30-33)25(34)23-10-15-9-22(32-38(2,35)36)19(27)12-21(15)31-23/h3-13,31-32H,29H2,1-2H3. The van der Waals surface area contributed by atoms with Gasteiger partial charge in [0.2, 0.25) is 15.8 Å². The smallest absolute Gasteiger partial charge is 0.229 e. The minimum Gasteiger partial charge on any atom is -0.457 e. The van der Waals surface area contributed by atoms with Crippen LogP contribution in [-0.2, 0) is 10.0 Å². The summed E-state index contributed by atoms with van der Waals surface area (Å²) in [6.07, 6.45) is 2.12. The molecule has 12 heteroatoms. The number of fused-ring (bicyclic) bond motifs is 1. The van der Waals surface area contributed by atoms with Gasteiger partial charge in [-0.2, -0.15) is 5.10 Å². The van der Waals surface area contributed by atoms with Gasteiger partial charge < -0.3 is 15.5 Å². The molecule has 0 atom stereocenters. The van der Waals surface area contributed by atoms with Crippen LogP contribution in [0, 0.1) is 18.6 Å². The first kappa shape index (κ1) is 25.0. The summed E-state index contributed by atoms with van der Waals surface area (Å²) in [6, 6.07) is 15.5. The number of carbonyl (C=O) groups is 1. The molecule has 4 N–H and O–H groups in total. The molecule has 3 aromatic carbocycles. The first-order valence-electron chi connectivity index (χ1n) is 11.2. The number of ketones is 1. The van der Waals surface area contributed by atoms with E-state index in [9.17, 15) is 17.6 Å². The van der Waals surface area contributed by atoms with E-state index in [0.717, 1.165) is 17.0 Å². The summed E-state index contributed by atoms with van der Waals surface area (Å²) < 4.78 is 61.4. The Hall–Kier alpha value is -4.71. The number of halogens is 2. The number of nitrogens with one attached hydrogen (secondary N) is 2. The molecule has 5 aromatic rings. The molecule has 0 spiro atoms. The molecule has 0 bridgehead atoms. The molecule has 2 aromatic heterocycles. The SMILES string of the molecule is Cc1cc(Oc2ccccc2)cc(F)c1-n1ncc(C(=O)c2cc3cc(NS(C)(=O)=O)c(F)cc3[nH]2)c1N. The van der Waals surface area contributed by atoms with Crippen LogP contribution in [0.1, 0.15) is 21.6 Å². The van der Waals surface area contributed by atoms with Gasteiger partial charge in [-0.3, -0.25) is 9.52 Å². The fraction of sp³-hybridized carbons (Fsp3) is 0.0769. The van der Waals surface area contributed by atoms with Crippen LogP contribution in [0.3, 0.4) is 0 Å². The normalized spacial score (nSPS) is 11.6. The molecule has 0 amide bonds. The second-order valence-electron chi connectivity index (χ2n) is 8.65. The lowest BCUT2D eigenvalue weighted by Gasteiger charge is -2.13. The van der Waals surface area contributed by atoms with Crippen molar-refractivity contribution in [2.45, 2.75) is 6.92 Å². The van der Waals surface area contributed by atoms with Crippen LogP contribution in [-0.4, -0.2) is 35.2 Å². The molecule has 0 radical (unpaired) electrons. The monoisotopic (exact) mass is 537 g/mol. The molecule has 0 aliphatic carbocycles. The quantitative estimate of drug-likeness (QED) is 0.253. The van der Waals surface area contributed by atoms with Crippen molar-refractivity contribution in [2.75, 3.05) is 16.7 Å². The third-order valence-corrected chi connectivity index (χ3v) is 6.31. The molecule has 2 heterocycles. The van der Waals surface area contributed by atoms with E-state index in [1.54, 1.807) is 37.3 Å². The molecule has 0 saturated carbocycles. The maximum atomic E-state index is 15.2. The number of H-pyrrole nitrogens is 1. The molecule has 0 unspecified atom stereocenters. The van der Waals surface area contributed by atoms with E-state index in [0.29, 0.717) is 16.7 Å². The van der Waals surface area contributed by atoms with E-state index in [1.807, 2.05) is 6.07 Å². The van der Waals surface area contributed by atoms with Gasteiger partial charge in [0.15, 0.2) is 5.82 Å². The Morgan fingerprint density at radius 1 is 1.05 bits per heavy atom. The average Bonchev–Trinajstić information content (AvgIpc) is 3.41. The Morgan fingerprint density at radius 2 is 1.79 bits per heavy atom. The number of aromatic nitrogens is 3. The first-order valence-corrected chi connectivity index (χ1v) is 13.1. The number of hydrogen-bond donors (Lipinski definition) is 3. The van der Waals surface area contributed by atoms with E-state index >= 15 is 4.39 Å². The van der Waals surface area contributed by atoms with Crippen molar-refractivity contribution in [2.24, 2.45) is 0 Å². The van der Waals surface area contributed by atoms with Crippen molar-refractivity contribution in [1.82, 2.24) is 14.8 Å². The van der Waals surface area contributed by atoms with Gasteiger partial charge in [-0.15, -0.1) is 0 Å². The summed E-state index contributed by atoms with van der Waals surface area (Å²) in [5, 5.41) is 4.52. The third kappa shape index (κ3) is 4.81. The minimum absolute atomic E-state index is 0.00470. The summed E-state index contributed by atoms with van der Waals surface area (Å²) in [5.41, 5.74) is 6.81. The number of hydrogen-bond acceptors (Lipinski definition) is 6. The highest BCUT2D eigenvalue weighted by atomic mass is 32.2. The van der Waals surface area contributed by atoms with E-state index in [-0.39, 0.29) is 39.7 Å². The lowest BCUT2D eigenvalue weighted by Crippen LogP contribution is -2.10. The van der Waals surface area contributed by atoms with Crippen molar-refractivity contribution in [1.29, 1.82) is 0 Å². The van der Waals surface area contributed by atoms with Crippen LogP contribution in [0.25, 0.3) is 16.6 Å². The number of para-hydroxylation sites is 1. The number of carbonyl (C=O) groups excluding carboxylic acids is 1. The topological polar surface area (TPSA) is 132 Å². The zero-order valence-corrected chi connectivity index (χ0v) is 20.9. The Kier molecular flexibility index (Phi) is 6.11. The number of rotatable bonds is 7. The second-order valence-corrected chi connectivity index (χ2v) is 10.4. The summed E-state index contributed by atoms with van der Waals surface area (Å²) in [4.78, 5) is 16.0. The molecule has 0 saturated heterocycles. The highest BCUT2D eigenvalue weighted by Crippen LogP contribution is 2.31. The number of anilines is 2. The van der Waals surface area contributed by atoms with Crippen LogP contribution in [0.2, 0.25) is 0 Å². The van der Waals surface area contributed by atoms with Crippen LogP contribution in [0.15, 0.2) is 66.9 Å². The number of nitrogens with two attached hydrogens (primary N) is 1. The predicted molar refractivity (Wildman–Crippen MR) is 139 cm³/mol. The molecule has 0 aliphatic heterocycles. The molecular formula is C26H21F2N5O4S. The van der Waals surface area contributed by atoms with Crippen molar-refractivity contribution in [3.05, 3.63) is 95.3 Å². The van der Waals surface area contributed by atoms with Gasteiger partial charge in [0.1, 0.15) is 28.8 Å². The minimum atomic E-state index is -3.71. The van der Waals surface area contributed by atoms with Crippen molar-refractivity contribution < 1.29 is 26.7 Å². The van der Waals surface area contributed by atoms with Gasteiger partial charge in [0.25, 0.3) is 0 Å². The highest BCUT2D eigenvalue weighted by Gasteiger charge is 2.23. The maximum Gasteiger partial charge on any atom is 0.229 e. The number of ether oxygens (including phenoxy) is 1. The Labute approximate surface area is 215 Å². The Morgan fingerprint density at radius 3 is 2.47 bits per heavy atom. The van der Waals surface area contributed by atoms with Gasteiger partial charge in [-0.25, -0.2) is 21.9 Å². The molecule has 9 nitrogen and oxygen atoms in total. The third-order valence-electron chi connectivity index (χ3n) is 5.72. The van der Waals surface area contributed by atoms with E-state index in [2.05, 4.69) is 14.8 Å². The lowest BCUT2D eigenvalue weighted by atomic mass is 10.1. The van der Waals surface area contributed by atoms with Crippen molar-refractivity contribution >= 4 is 38.2 Å². The first-order chi connectivity index (χ1) is 18.0. The second kappa shape index (κ2) is 9.30. The van der Waals surface area contributed by atoms with Crippen LogP contribution < -0.4 is 15.2 Å². The van der Waals surface area contributed by atoms with E-state index in [4.69, 9.17) is 10.5 Å². The molecule has 38 heavy (non-hydrogen) atoms. The lowest BCUT2D eigenvalue weighted by molar-refractivity contribution is 0.103. The summed E-state index contributed by atoms with van der Waals surface area (Å²) in [6.45, 7) is 1.66. The number of aromatic amines is 1. The van der Waals surface area contributed by atoms with Gasteiger partial charge in [-0.1, -0.05) is 18.2 Å². The number of aryl methyl sites for hydroxylation is 1. The molecular weight excluding hydrogens is 516 g/mol. The van der Waals surface area contributed by atoms with E-state index in [1.165, 1.54) is 24.4 Å². The predicted octanol–water partition coefficient (Wildman–Crippen LogP) is 4.92. The maximum absolute atomic E-state index is 15.2. The number of nitrogen functional groups attached to an aromatic ring is 1.